The minimum atomic E-state index is -1.13. The van der Waals surface area contributed by atoms with Crippen molar-refractivity contribution in [3.63, 3.8) is 0 Å². The van der Waals surface area contributed by atoms with Crippen molar-refractivity contribution < 1.29 is 17.9 Å². The standard InChI is InChI=1S/C22H27F3N2O/c1-15-19(23)12-18(21(25)20(15)24)17-6-4-16(5-7-17)13-26-14-22(2,3)27-8-10-28-11-9-27/h4-7,12,26H,8-11,13-14H2,1-3H3. The fourth-order valence-corrected chi connectivity index (χ4v) is 3.49. The van der Waals surface area contributed by atoms with E-state index in [-0.39, 0.29) is 16.7 Å². The van der Waals surface area contributed by atoms with E-state index in [4.69, 9.17) is 4.74 Å². The molecule has 1 saturated heterocycles. The lowest BCUT2D eigenvalue weighted by Crippen LogP contribution is -2.54. The summed E-state index contributed by atoms with van der Waals surface area (Å²) < 4.78 is 47.2. The van der Waals surface area contributed by atoms with Gasteiger partial charge in [-0.3, -0.25) is 4.90 Å². The molecule has 1 aliphatic heterocycles. The molecule has 2 aromatic rings. The Morgan fingerprint density at radius 2 is 1.68 bits per heavy atom. The van der Waals surface area contributed by atoms with E-state index >= 15 is 0 Å². The highest BCUT2D eigenvalue weighted by atomic mass is 19.2. The van der Waals surface area contributed by atoms with E-state index < -0.39 is 17.5 Å². The van der Waals surface area contributed by atoms with Gasteiger partial charge < -0.3 is 10.1 Å². The Morgan fingerprint density at radius 3 is 2.32 bits per heavy atom. The number of morpholine rings is 1. The molecule has 1 N–H and O–H groups in total. The maximum absolute atomic E-state index is 14.2. The third-order valence-corrected chi connectivity index (χ3v) is 5.41. The van der Waals surface area contributed by atoms with E-state index in [0.717, 1.165) is 44.5 Å². The first-order valence-electron chi connectivity index (χ1n) is 9.56. The van der Waals surface area contributed by atoms with Gasteiger partial charge in [0.15, 0.2) is 11.6 Å². The quantitative estimate of drug-likeness (QED) is 0.743. The summed E-state index contributed by atoms with van der Waals surface area (Å²) >= 11 is 0. The zero-order chi connectivity index (χ0) is 20.3. The van der Waals surface area contributed by atoms with Crippen LogP contribution in [-0.2, 0) is 11.3 Å². The van der Waals surface area contributed by atoms with Crippen LogP contribution in [0, 0.1) is 24.4 Å². The van der Waals surface area contributed by atoms with E-state index in [1.165, 1.54) is 6.92 Å². The smallest absolute Gasteiger partial charge is 0.167 e. The first kappa shape index (κ1) is 20.8. The normalized spacial score (nSPS) is 15.8. The van der Waals surface area contributed by atoms with Crippen molar-refractivity contribution in [2.75, 3.05) is 32.8 Å². The van der Waals surface area contributed by atoms with Gasteiger partial charge >= 0.3 is 0 Å². The second-order valence-corrected chi connectivity index (χ2v) is 7.87. The van der Waals surface area contributed by atoms with E-state index in [1.807, 2.05) is 12.1 Å². The average molecular weight is 392 g/mol. The number of nitrogens with zero attached hydrogens (tertiary/aromatic N) is 1. The van der Waals surface area contributed by atoms with Crippen LogP contribution in [0.25, 0.3) is 11.1 Å². The molecule has 0 amide bonds. The van der Waals surface area contributed by atoms with Gasteiger partial charge in [0, 0.05) is 42.8 Å². The Balaban J connectivity index is 1.62. The van der Waals surface area contributed by atoms with Crippen molar-refractivity contribution in [3.8, 4) is 11.1 Å². The number of nitrogens with one attached hydrogen (secondary N) is 1. The fourth-order valence-electron chi connectivity index (χ4n) is 3.49. The molecule has 1 heterocycles. The Bertz CT molecular complexity index is 816. The highest BCUT2D eigenvalue weighted by Gasteiger charge is 2.27. The Hall–Kier alpha value is -1.89. The zero-order valence-electron chi connectivity index (χ0n) is 16.6. The van der Waals surface area contributed by atoms with Gasteiger partial charge in [0.25, 0.3) is 0 Å². The molecule has 0 atom stereocenters. The van der Waals surface area contributed by atoms with E-state index in [0.29, 0.717) is 12.1 Å². The summed E-state index contributed by atoms with van der Waals surface area (Å²) in [5.41, 5.74) is 1.13. The van der Waals surface area contributed by atoms with Gasteiger partial charge in [0.2, 0.25) is 0 Å². The third-order valence-electron chi connectivity index (χ3n) is 5.41. The summed E-state index contributed by atoms with van der Waals surface area (Å²) in [7, 11) is 0. The first-order valence-corrected chi connectivity index (χ1v) is 9.56. The minimum absolute atomic E-state index is 0.0177. The molecule has 0 unspecified atom stereocenters. The number of rotatable bonds is 6. The van der Waals surface area contributed by atoms with Crippen LogP contribution in [0.15, 0.2) is 30.3 Å². The van der Waals surface area contributed by atoms with Gasteiger partial charge in [0.1, 0.15) is 5.82 Å². The van der Waals surface area contributed by atoms with Gasteiger partial charge in [-0.15, -0.1) is 0 Å². The molecule has 0 bridgehead atoms. The molecule has 0 radical (unpaired) electrons. The molecule has 2 aromatic carbocycles. The SMILES string of the molecule is Cc1c(F)cc(-c2ccc(CNCC(C)(C)N3CCOCC3)cc2)c(F)c1F. The van der Waals surface area contributed by atoms with Crippen LogP contribution in [0.2, 0.25) is 0 Å². The van der Waals surface area contributed by atoms with Crippen LogP contribution < -0.4 is 5.32 Å². The van der Waals surface area contributed by atoms with Crippen LogP contribution in [-0.4, -0.2) is 43.3 Å². The van der Waals surface area contributed by atoms with Crippen molar-refractivity contribution in [3.05, 3.63) is 58.9 Å². The third kappa shape index (κ3) is 4.57. The molecule has 1 fully saturated rings. The summed E-state index contributed by atoms with van der Waals surface area (Å²) in [5.74, 6) is -2.90. The predicted octanol–water partition coefficient (Wildman–Crippen LogP) is 4.28. The van der Waals surface area contributed by atoms with E-state index in [1.54, 1.807) is 12.1 Å². The van der Waals surface area contributed by atoms with Crippen LogP contribution in [0.5, 0.6) is 0 Å². The van der Waals surface area contributed by atoms with E-state index in [2.05, 4.69) is 24.1 Å². The largest absolute Gasteiger partial charge is 0.379 e. The molecular weight excluding hydrogens is 365 g/mol. The number of hydrogen-bond donors (Lipinski definition) is 1. The van der Waals surface area contributed by atoms with Gasteiger partial charge in [-0.25, -0.2) is 13.2 Å². The molecule has 0 aliphatic carbocycles. The maximum Gasteiger partial charge on any atom is 0.167 e. The van der Waals surface area contributed by atoms with Crippen LogP contribution in [0.3, 0.4) is 0 Å². The maximum atomic E-state index is 14.2. The first-order chi connectivity index (χ1) is 13.3. The summed E-state index contributed by atoms with van der Waals surface area (Å²) in [5, 5.41) is 3.46. The van der Waals surface area contributed by atoms with Crippen molar-refractivity contribution in [2.45, 2.75) is 32.9 Å². The van der Waals surface area contributed by atoms with Crippen molar-refractivity contribution in [2.24, 2.45) is 0 Å². The zero-order valence-corrected chi connectivity index (χ0v) is 16.6. The molecule has 3 nitrogen and oxygen atoms in total. The summed E-state index contributed by atoms with van der Waals surface area (Å²) in [4.78, 5) is 2.41. The van der Waals surface area contributed by atoms with E-state index in [9.17, 15) is 13.2 Å². The summed E-state index contributed by atoms with van der Waals surface area (Å²) in [6, 6.07) is 8.12. The molecular formula is C22H27F3N2O. The lowest BCUT2D eigenvalue weighted by Gasteiger charge is -2.41. The molecule has 0 saturated carbocycles. The lowest BCUT2D eigenvalue weighted by atomic mass is 10.0. The van der Waals surface area contributed by atoms with Crippen LogP contribution >= 0.6 is 0 Å². The minimum Gasteiger partial charge on any atom is -0.379 e. The van der Waals surface area contributed by atoms with Gasteiger partial charge in [0.05, 0.1) is 13.2 Å². The highest BCUT2D eigenvalue weighted by molar-refractivity contribution is 5.65. The molecule has 6 heteroatoms. The molecule has 28 heavy (non-hydrogen) atoms. The van der Waals surface area contributed by atoms with Crippen molar-refractivity contribution in [1.82, 2.24) is 10.2 Å². The van der Waals surface area contributed by atoms with Crippen LogP contribution in [0.1, 0.15) is 25.0 Å². The monoisotopic (exact) mass is 392 g/mol. The van der Waals surface area contributed by atoms with Gasteiger partial charge in [-0.1, -0.05) is 24.3 Å². The fraction of sp³-hybridized carbons (Fsp3) is 0.455. The number of benzene rings is 2. The molecule has 1 aliphatic rings. The second-order valence-electron chi connectivity index (χ2n) is 7.87. The molecule has 0 aromatic heterocycles. The topological polar surface area (TPSA) is 24.5 Å². The van der Waals surface area contributed by atoms with Gasteiger partial charge in [-0.2, -0.15) is 0 Å². The molecule has 152 valence electrons. The molecule has 3 rings (SSSR count). The Morgan fingerprint density at radius 1 is 1.04 bits per heavy atom. The Kier molecular flexibility index (Phi) is 6.43. The van der Waals surface area contributed by atoms with Gasteiger partial charge in [-0.05, 0) is 38.0 Å². The number of hydrogen-bond acceptors (Lipinski definition) is 3. The number of ether oxygens (including phenoxy) is 1. The Labute approximate surface area is 164 Å². The average Bonchev–Trinajstić information content (AvgIpc) is 2.70. The van der Waals surface area contributed by atoms with Crippen molar-refractivity contribution >= 4 is 0 Å². The highest BCUT2D eigenvalue weighted by Crippen LogP contribution is 2.28. The summed E-state index contributed by atoms with van der Waals surface area (Å²) in [6.45, 7) is 10.5. The van der Waals surface area contributed by atoms with Crippen LogP contribution in [0.4, 0.5) is 13.2 Å². The van der Waals surface area contributed by atoms with Crippen molar-refractivity contribution in [1.29, 1.82) is 0 Å². The summed E-state index contributed by atoms with van der Waals surface area (Å²) in [6.07, 6.45) is 0. The number of halogens is 3. The lowest BCUT2D eigenvalue weighted by molar-refractivity contribution is -0.00966. The second kappa shape index (κ2) is 8.64. The molecule has 0 spiro atoms. The predicted molar refractivity (Wildman–Crippen MR) is 105 cm³/mol.